The second-order valence-corrected chi connectivity index (χ2v) is 10.4. The topological polar surface area (TPSA) is 110 Å². The number of anilines is 1. The number of nitriles is 2. The quantitative estimate of drug-likeness (QED) is 0.229. The molecule has 1 fully saturated rings. The van der Waals surface area contributed by atoms with Gasteiger partial charge in [-0.05, 0) is 98.1 Å². The highest BCUT2D eigenvalue weighted by molar-refractivity contribution is 7.17. The van der Waals surface area contributed by atoms with Gasteiger partial charge in [-0.3, -0.25) is 4.90 Å². The number of likely N-dealkylation sites (tertiary alicyclic amines) is 1. The van der Waals surface area contributed by atoms with Crippen molar-refractivity contribution in [2.24, 2.45) is 11.0 Å². The minimum atomic E-state index is 0.379. The first kappa shape index (κ1) is 25.3. The number of hydrogen-bond donors (Lipinski definition) is 1. The van der Waals surface area contributed by atoms with E-state index in [0.717, 1.165) is 53.8 Å². The fraction of sp³-hybridized carbons (Fsp3) is 0.276. The molecular weight excluding hydrogens is 494 g/mol. The molecule has 1 saturated heterocycles. The average Bonchev–Trinajstić information content (AvgIpc) is 3.41. The number of thiophene rings is 1. The third-order valence-electron chi connectivity index (χ3n) is 6.63. The Morgan fingerprint density at radius 2 is 1.76 bits per heavy atom. The lowest BCUT2D eigenvalue weighted by Gasteiger charge is -2.30. The first-order valence-electron chi connectivity index (χ1n) is 12.5. The summed E-state index contributed by atoms with van der Waals surface area (Å²) in [5.41, 5.74) is 8.06. The van der Waals surface area contributed by atoms with E-state index in [1.165, 1.54) is 16.9 Å². The highest BCUT2D eigenvalue weighted by Crippen LogP contribution is 2.35. The van der Waals surface area contributed by atoms with Crippen molar-refractivity contribution in [1.29, 1.82) is 10.5 Å². The van der Waals surface area contributed by atoms with E-state index in [9.17, 15) is 5.26 Å². The van der Waals surface area contributed by atoms with Crippen molar-refractivity contribution < 1.29 is 4.74 Å². The minimum Gasteiger partial charge on any atom is -0.437 e. The Labute approximate surface area is 225 Å². The van der Waals surface area contributed by atoms with Crippen molar-refractivity contribution in [2.75, 3.05) is 18.5 Å². The molecule has 9 heteroatoms. The van der Waals surface area contributed by atoms with Crippen molar-refractivity contribution in [1.82, 2.24) is 14.9 Å². The zero-order valence-electron chi connectivity index (χ0n) is 21.3. The van der Waals surface area contributed by atoms with Crippen LogP contribution in [0.5, 0.6) is 11.6 Å². The fourth-order valence-electron chi connectivity index (χ4n) is 4.63. The molecule has 1 aliphatic rings. The lowest BCUT2D eigenvalue weighted by molar-refractivity contribution is 0.203. The summed E-state index contributed by atoms with van der Waals surface area (Å²) in [4.78, 5) is 11.6. The number of rotatable bonds is 7. The number of nitrogens with one attached hydrogen (secondary N) is 1. The van der Waals surface area contributed by atoms with Crippen LogP contribution in [0, 0.1) is 42.4 Å². The molecule has 0 saturated carbocycles. The SMILES string of the molecule is Cc1cc(C#N)cc(C)c1Oc1nc(N/N=C/C2CCN(Cc3ccc(C#N)cc3)CC2)nc2ccsc12. The van der Waals surface area contributed by atoms with Gasteiger partial charge in [-0.25, -0.2) is 10.4 Å². The van der Waals surface area contributed by atoms with Gasteiger partial charge in [0.2, 0.25) is 11.8 Å². The molecule has 5 rings (SSSR count). The van der Waals surface area contributed by atoms with Gasteiger partial charge in [-0.2, -0.15) is 20.6 Å². The van der Waals surface area contributed by atoms with E-state index in [2.05, 4.69) is 37.5 Å². The summed E-state index contributed by atoms with van der Waals surface area (Å²) in [6, 6.07) is 17.7. The Hall–Kier alpha value is -4.31. The summed E-state index contributed by atoms with van der Waals surface area (Å²) in [6.45, 7) is 6.73. The van der Waals surface area contributed by atoms with Crippen molar-refractivity contribution in [2.45, 2.75) is 33.2 Å². The van der Waals surface area contributed by atoms with Crippen LogP contribution in [0.2, 0.25) is 0 Å². The summed E-state index contributed by atoms with van der Waals surface area (Å²) in [5, 5.41) is 24.6. The van der Waals surface area contributed by atoms with Crippen molar-refractivity contribution >= 4 is 33.7 Å². The lowest BCUT2D eigenvalue weighted by atomic mass is 9.98. The number of aromatic nitrogens is 2. The van der Waals surface area contributed by atoms with Crippen LogP contribution < -0.4 is 10.2 Å². The summed E-state index contributed by atoms with van der Waals surface area (Å²) in [7, 11) is 0. The van der Waals surface area contributed by atoms with Gasteiger partial charge in [-0.1, -0.05) is 12.1 Å². The maximum absolute atomic E-state index is 9.24. The molecule has 0 amide bonds. The third kappa shape index (κ3) is 5.81. The van der Waals surface area contributed by atoms with Gasteiger partial charge in [-0.15, -0.1) is 11.3 Å². The van der Waals surface area contributed by atoms with Crippen LogP contribution in [0.25, 0.3) is 10.2 Å². The first-order valence-corrected chi connectivity index (χ1v) is 13.4. The maximum Gasteiger partial charge on any atom is 0.247 e. The molecule has 1 aliphatic heterocycles. The molecule has 2 aromatic carbocycles. The fourth-order valence-corrected chi connectivity index (χ4v) is 5.39. The van der Waals surface area contributed by atoms with E-state index in [-0.39, 0.29) is 0 Å². The zero-order valence-corrected chi connectivity index (χ0v) is 22.1. The molecule has 38 heavy (non-hydrogen) atoms. The van der Waals surface area contributed by atoms with E-state index >= 15 is 0 Å². The van der Waals surface area contributed by atoms with Gasteiger partial charge in [0.15, 0.2) is 0 Å². The molecule has 190 valence electrons. The number of hydrogen-bond acceptors (Lipinski definition) is 9. The number of benzene rings is 2. The largest absolute Gasteiger partial charge is 0.437 e. The highest BCUT2D eigenvalue weighted by atomic mass is 32.1. The van der Waals surface area contributed by atoms with E-state index in [1.807, 2.05) is 67.9 Å². The minimum absolute atomic E-state index is 0.379. The number of fused-ring (bicyclic) bond motifs is 1. The van der Waals surface area contributed by atoms with Crippen molar-refractivity contribution in [3.8, 4) is 23.8 Å². The van der Waals surface area contributed by atoms with Crippen molar-refractivity contribution in [3.63, 3.8) is 0 Å². The summed E-state index contributed by atoms with van der Waals surface area (Å²) in [6.07, 6.45) is 4.00. The second kappa shape index (κ2) is 11.4. The van der Waals surface area contributed by atoms with Gasteiger partial charge < -0.3 is 4.74 Å². The number of hydrazone groups is 1. The maximum atomic E-state index is 9.24. The van der Waals surface area contributed by atoms with E-state index in [1.54, 1.807) is 0 Å². The molecule has 4 aromatic rings. The van der Waals surface area contributed by atoms with E-state index < -0.39 is 0 Å². The van der Waals surface area contributed by atoms with Crippen LogP contribution in [0.4, 0.5) is 5.95 Å². The number of aryl methyl sites for hydroxylation is 2. The molecule has 0 aliphatic carbocycles. The molecule has 3 heterocycles. The number of piperidine rings is 1. The molecular formula is C29H27N7OS. The lowest BCUT2D eigenvalue weighted by Crippen LogP contribution is -2.33. The smallest absolute Gasteiger partial charge is 0.247 e. The van der Waals surface area contributed by atoms with Crippen LogP contribution in [0.15, 0.2) is 52.9 Å². The average molecular weight is 522 g/mol. The summed E-state index contributed by atoms with van der Waals surface area (Å²) in [5.74, 6) is 1.92. The molecule has 8 nitrogen and oxygen atoms in total. The van der Waals surface area contributed by atoms with Gasteiger partial charge in [0.1, 0.15) is 10.4 Å². The molecule has 0 bridgehead atoms. The molecule has 1 N–H and O–H groups in total. The molecule has 0 radical (unpaired) electrons. The van der Waals surface area contributed by atoms with E-state index in [4.69, 9.17) is 10.00 Å². The first-order chi connectivity index (χ1) is 18.5. The van der Waals surface area contributed by atoms with Gasteiger partial charge in [0, 0.05) is 12.8 Å². The van der Waals surface area contributed by atoms with Crippen LogP contribution in [0.1, 0.15) is 40.7 Å². The molecule has 2 aromatic heterocycles. The number of ether oxygens (including phenoxy) is 1. The predicted molar refractivity (Wildman–Crippen MR) is 149 cm³/mol. The normalized spacial score (nSPS) is 14.4. The van der Waals surface area contributed by atoms with Crippen molar-refractivity contribution in [3.05, 3.63) is 75.7 Å². The summed E-state index contributed by atoms with van der Waals surface area (Å²) < 4.78 is 7.12. The highest BCUT2D eigenvalue weighted by Gasteiger charge is 2.18. The summed E-state index contributed by atoms with van der Waals surface area (Å²) >= 11 is 1.52. The second-order valence-electron chi connectivity index (χ2n) is 9.45. The van der Waals surface area contributed by atoms with Gasteiger partial charge in [0.05, 0.1) is 28.8 Å². The Bertz CT molecular complexity index is 1530. The van der Waals surface area contributed by atoms with Crippen LogP contribution in [-0.4, -0.2) is 34.2 Å². The van der Waals surface area contributed by atoms with Gasteiger partial charge >= 0.3 is 0 Å². The molecule has 0 atom stereocenters. The number of nitrogens with zero attached hydrogens (tertiary/aromatic N) is 6. The Morgan fingerprint density at radius 1 is 1.05 bits per heavy atom. The predicted octanol–water partition coefficient (Wildman–Crippen LogP) is 6.15. The Balaban J connectivity index is 1.21. The molecule has 0 spiro atoms. The van der Waals surface area contributed by atoms with Crippen LogP contribution in [0.3, 0.4) is 0 Å². The standard InChI is InChI=1S/C29H27N7OS/c1-19-13-24(16-31)14-20(2)26(19)37-28-27-25(9-12-38-27)33-29(34-28)35-32-17-22-7-10-36(11-8-22)18-23-5-3-21(15-30)4-6-23/h3-6,9,12-14,17,22H,7-8,10-11,18H2,1-2H3,(H,33,34,35)/b32-17+. The van der Waals surface area contributed by atoms with Crippen LogP contribution in [-0.2, 0) is 6.54 Å². The van der Waals surface area contributed by atoms with Gasteiger partial charge in [0.25, 0.3) is 0 Å². The third-order valence-corrected chi connectivity index (χ3v) is 7.52. The van der Waals surface area contributed by atoms with Crippen LogP contribution >= 0.6 is 11.3 Å². The Kier molecular flexibility index (Phi) is 7.60. The monoisotopic (exact) mass is 521 g/mol. The molecule has 0 unspecified atom stereocenters. The van der Waals surface area contributed by atoms with E-state index in [0.29, 0.717) is 34.6 Å². The Morgan fingerprint density at radius 3 is 2.45 bits per heavy atom. The zero-order chi connectivity index (χ0) is 26.5.